The van der Waals surface area contributed by atoms with Crippen LogP contribution >= 0.6 is 0 Å². The minimum absolute atomic E-state index is 0.0453. The number of ketones is 2. The zero-order chi connectivity index (χ0) is 46.2. The molecule has 4 aromatic carbocycles. The molecule has 0 unspecified atom stereocenters. The highest BCUT2D eigenvalue weighted by atomic mass is 16.5. The molecule has 0 fully saturated rings. The minimum atomic E-state index is -1.15. The van der Waals surface area contributed by atoms with Gasteiger partial charge in [0.1, 0.15) is 30.8 Å². The van der Waals surface area contributed by atoms with Gasteiger partial charge in [0.05, 0.1) is 0 Å². The van der Waals surface area contributed by atoms with Crippen molar-refractivity contribution in [3.05, 3.63) is 107 Å². The Labute approximate surface area is 377 Å². The number of hydrogen-bond acceptors (Lipinski definition) is 10. The molecular weight excluding hydrogens is 809 g/mol. The first-order valence-corrected chi connectivity index (χ1v) is 22.6. The van der Waals surface area contributed by atoms with Crippen LogP contribution in [-0.2, 0) is 32.0 Å². The number of ether oxygens (including phenoxy) is 2. The molecule has 0 aliphatic carbocycles. The lowest BCUT2D eigenvalue weighted by Gasteiger charge is -2.32. The van der Waals surface area contributed by atoms with E-state index in [0.717, 1.165) is 36.0 Å². The molecule has 0 aromatic heterocycles. The lowest BCUT2D eigenvalue weighted by molar-refractivity contribution is -0.142. The maximum atomic E-state index is 14.8. The van der Waals surface area contributed by atoms with E-state index in [1.54, 1.807) is 38.2 Å². The number of hydrogen-bond donors (Lipinski definition) is 5. The molecule has 13 heteroatoms. The number of benzene rings is 4. The van der Waals surface area contributed by atoms with E-state index >= 15 is 0 Å². The summed E-state index contributed by atoms with van der Waals surface area (Å²) in [5.74, 6) is -2.45. The van der Waals surface area contributed by atoms with Gasteiger partial charge >= 0.3 is 0 Å². The number of fused-ring (bicyclic) bond motifs is 5. The normalized spacial score (nSPS) is 16.9. The Morgan fingerprint density at radius 3 is 2.03 bits per heavy atom. The van der Waals surface area contributed by atoms with Crippen molar-refractivity contribution in [2.45, 2.75) is 90.1 Å². The molecule has 4 atom stereocenters. The summed E-state index contributed by atoms with van der Waals surface area (Å²) in [6, 6.07) is 25.2. The highest BCUT2D eigenvalue weighted by Gasteiger charge is 2.36. The molecule has 0 spiro atoms. The molecule has 0 saturated heterocycles. The van der Waals surface area contributed by atoms with Crippen LogP contribution in [0.4, 0.5) is 0 Å². The number of rotatable bonds is 21. The standard InChI is InChI=1S/C51H66N6O7/c1-4-5-7-34-9-12-36(13-10-34)37-14-16-38(17-15-37)44(58)32-40(8-6-23-52)51(62)57(3)49-39-18-21-47(64-27-25-54)43(31-39)42-30-35(11-20-46(42)63-26-24-53)29-41(19-22-48(55)60)56-50(61)33(2)28-45(49)59/h9-18,20-21,30-31,33,40-41,49H,4-8,19,22-29,32,52-54H2,1-3H3,(H2,55,60)(H,56,61)/t33-,40-,41-,49+/m1/s1. The quantitative estimate of drug-likeness (QED) is 0.0608. The van der Waals surface area contributed by atoms with Crippen LogP contribution < -0.4 is 37.7 Å². The number of aryl methyl sites for hydroxylation is 1. The molecule has 1 heterocycles. The van der Waals surface area contributed by atoms with Crippen molar-refractivity contribution in [1.82, 2.24) is 10.2 Å². The zero-order valence-corrected chi connectivity index (χ0v) is 37.6. The molecule has 4 aromatic rings. The summed E-state index contributed by atoms with van der Waals surface area (Å²) in [5.41, 5.74) is 29.5. The second-order valence-corrected chi connectivity index (χ2v) is 16.8. The van der Waals surface area contributed by atoms with Gasteiger partial charge in [-0.2, -0.15) is 0 Å². The van der Waals surface area contributed by atoms with Gasteiger partial charge in [-0.05, 0) is 97.2 Å². The average Bonchev–Trinajstić information content (AvgIpc) is 3.30. The summed E-state index contributed by atoms with van der Waals surface area (Å²) in [4.78, 5) is 70.5. The van der Waals surface area contributed by atoms with Crippen molar-refractivity contribution in [2.75, 3.05) is 39.9 Å². The summed E-state index contributed by atoms with van der Waals surface area (Å²) < 4.78 is 12.3. The number of Topliss-reactive ketones (excluding diaryl/α,β-unsaturated/α-hetero) is 2. The molecule has 64 heavy (non-hydrogen) atoms. The second-order valence-electron chi connectivity index (χ2n) is 16.8. The second kappa shape index (κ2) is 24.2. The molecule has 13 nitrogen and oxygen atoms in total. The van der Waals surface area contributed by atoms with E-state index in [-0.39, 0.29) is 69.5 Å². The number of unbranched alkanes of at least 4 members (excludes halogenated alkanes) is 1. The van der Waals surface area contributed by atoms with E-state index in [1.165, 1.54) is 10.5 Å². The third kappa shape index (κ3) is 13.3. The van der Waals surface area contributed by atoms with Crippen LogP contribution in [0.3, 0.4) is 0 Å². The SMILES string of the molecule is CCCCc1ccc(-c2ccc(C(=O)C[C@@H](CCCN)C(=O)N(C)[C@@H]3C(=O)C[C@@H](C)C(=O)N[C@H](CCC(N)=O)Cc4ccc(OCCN)c(c4)-c4cc3ccc4OCCN)cc2)cc1. The maximum Gasteiger partial charge on any atom is 0.226 e. The third-order valence-electron chi connectivity index (χ3n) is 11.8. The molecular formula is C51H66N6O7. The van der Waals surface area contributed by atoms with Gasteiger partial charge in [0.2, 0.25) is 17.7 Å². The zero-order valence-electron chi connectivity index (χ0n) is 37.6. The number of likely N-dealkylation sites (N-methyl/N-ethyl adjacent to an activating group) is 1. The van der Waals surface area contributed by atoms with Crippen molar-refractivity contribution in [3.63, 3.8) is 0 Å². The number of nitrogens with zero attached hydrogens (tertiary/aromatic N) is 1. The molecule has 0 radical (unpaired) electrons. The third-order valence-corrected chi connectivity index (χ3v) is 11.8. The number of carbonyl (C=O) groups excluding carboxylic acids is 5. The smallest absolute Gasteiger partial charge is 0.226 e. The summed E-state index contributed by atoms with van der Waals surface area (Å²) in [7, 11) is 1.57. The van der Waals surface area contributed by atoms with Gasteiger partial charge in [0.25, 0.3) is 0 Å². The molecule has 3 amide bonds. The fraction of sp³-hybridized carbons (Fsp3) is 0.431. The van der Waals surface area contributed by atoms with Gasteiger partial charge in [-0.15, -0.1) is 0 Å². The molecule has 1 aliphatic rings. The fourth-order valence-electron chi connectivity index (χ4n) is 8.26. The molecule has 1 aliphatic heterocycles. The Balaban J connectivity index is 1.53. The summed E-state index contributed by atoms with van der Waals surface area (Å²) >= 11 is 0. The van der Waals surface area contributed by atoms with Crippen LogP contribution in [0.15, 0.2) is 84.9 Å². The van der Waals surface area contributed by atoms with E-state index in [0.29, 0.717) is 59.6 Å². The Kier molecular flexibility index (Phi) is 18.6. The van der Waals surface area contributed by atoms with Gasteiger partial charge < -0.3 is 42.6 Å². The summed E-state index contributed by atoms with van der Waals surface area (Å²) in [5, 5.41) is 3.05. The number of amides is 3. The predicted octanol–water partition coefficient (Wildman–Crippen LogP) is 6.07. The van der Waals surface area contributed by atoms with Gasteiger partial charge in [-0.1, -0.05) is 80.9 Å². The molecule has 0 saturated carbocycles. The highest BCUT2D eigenvalue weighted by molar-refractivity contribution is 6.00. The first-order valence-electron chi connectivity index (χ1n) is 22.6. The Bertz CT molecular complexity index is 2210. The van der Waals surface area contributed by atoms with Crippen molar-refractivity contribution in [1.29, 1.82) is 0 Å². The maximum absolute atomic E-state index is 14.8. The number of carbonyl (C=O) groups is 5. The van der Waals surface area contributed by atoms with Gasteiger partial charge in [-0.3, -0.25) is 24.0 Å². The first-order chi connectivity index (χ1) is 30.9. The largest absolute Gasteiger partial charge is 0.492 e. The van der Waals surface area contributed by atoms with Crippen LogP contribution in [0.25, 0.3) is 22.3 Å². The number of nitrogens with two attached hydrogens (primary N) is 4. The Morgan fingerprint density at radius 1 is 0.797 bits per heavy atom. The van der Waals surface area contributed by atoms with Crippen LogP contribution in [0.1, 0.15) is 98.3 Å². The first kappa shape index (κ1) is 49.1. The predicted molar refractivity (Wildman–Crippen MR) is 251 cm³/mol. The van der Waals surface area contributed by atoms with Crippen LogP contribution in [0.5, 0.6) is 11.5 Å². The van der Waals surface area contributed by atoms with Crippen molar-refractivity contribution < 1.29 is 33.4 Å². The van der Waals surface area contributed by atoms with Crippen molar-refractivity contribution in [2.24, 2.45) is 34.8 Å². The van der Waals surface area contributed by atoms with Gasteiger partial charge in [0, 0.05) is 74.0 Å². The van der Waals surface area contributed by atoms with Crippen LogP contribution in [0, 0.1) is 11.8 Å². The van der Waals surface area contributed by atoms with E-state index in [4.69, 9.17) is 32.4 Å². The minimum Gasteiger partial charge on any atom is -0.492 e. The monoisotopic (exact) mass is 874 g/mol. The van der Waals surface area contributed by atoms with E-state index in [1.807, 2.05) is 36.4 Å². The van der Waals surface area contributed by atoms with E-state index in [2.05, 4.69) is 36.5 Å². The molecule has 4 bridgehead atoms. The van der Waals surface area contributed by atoms with Crippen molar-refractivity contribution >= 4 is 29.3 Å². The summed E-state index contributed by atoms with van der Waals surface area (Å²) in [6.45, 7) is 5.08. The summed E-state index contributed by atoms with van der Waals surface area (Å²) in [6.07, 6.45) is 4.51. The molecule has 342 valence electrons. The Hall–Kier alpha value is -5.89. The topological polar surface area (TPSA) is 223 Å². The number of nitrogens with one attached hydrogen (secondary N) is 1. The highest BCUT2D eigenvalue weighted by Crippen LogP contribution is 2.41. The van der Waals surface area contributed by atoms with Crippen LogP contribution in [-0.4, -0.2) is 80.1 Å². The Morgan fingerprint density at radius 2 is 1.42 bits per heavy atom. The fourth-order valence-corrected chi connectivity index (χ4v) is 8.26. The van der Waals surface area contributed by atoms with Crippen molar-refractivity contribution in [3.8, 4) is 33.8 Å². The molecule has 5 rings (SSSR count). The van der Waals surface area contributed by atoms with E-state index < -0.39 is 35.7 Å². The van der Waals surface area contributed by atoms with Crippen LogP contribution in [0.2, 0.25) is 0 Å². The van der Waals surface area contributed by atoms with Gasteiger partial charge in [-0.25, -0.2) is 0 Å². The molecule has 9 N–H and O–H groups in total. The number of primary amides is 1. The van der Waals surface area contributed by atoms with Gasteiger partial charge in [0.15, 0.2) is 11.6 Å². The van der Waals surface area contributed by atoms with E-state index in [9.17, 15) is 24.0 Å². The lowest BCUT2D eigenvalue weighted by Crippen LogP contribution is -2.43. The average molecular weight is 875 g/mol. The lowest BCUT2D eigenvalue weighted by atomic mass is 9.88.